The number of aliphatic hydroxyl groups is 1. The van der Waals surface area contributed by atoms with E-state index in [1.165, 1.54) is 0 Å². The summed E-state index contributed by atoms with van der Waals surface area (Å²) in [5.74, 6) is 0.647. The van der Waals surface area contributed by atoms with E-state index in [1.54, 1.807) is 7.11 Å². The Morgan fingerprint density at radius 1 is 1.09 bits per heavy atom. The van der Waals surface area contributed by atoms with Crippen molar-refractivity contribution in [3.05, 3.63) is 77.9 Å². The number of methoxy groups -OCH3 is 1. The van der Waals surface area contributed by atoms with E-state index in [-0.39, 0.29) is 18.3 Å². The predicted molar refractivity (Wildman–Crippen MR) is 130 cm³/mol. The number of esters is 1. The summed E-state index contributed by atoms with van der Waals surface area (Å²) in [6, 6.07) is 20.1. The fraction of sp³-hybridized carbons (Fsp3) is 0.286. The fourth-order valence-electron chi connectivity index (χ4n) is 4.08. The number of ether oxygens (including phenoxy) is 2. The Hall–Kier alpha value is -3.44. The van der Waals surface area contributed by atoms with Crippen molar-refractivity contribution in [1.29, 1.82) is 0 Å². The van der Waals surface area contributed by atoms with E-state index in [0.29, 0.717) is 6.42 Å². The zero-order valence-corrected chi connectivity index (χ0v) is 19.2. The molecule has 0 unspecified atom stereocenters. The highest BCUT2D eigenvalue weighted by molar-refractivity contribution is 5.78. The number of benzene rings is 2. The van der Waals surface area contributed by atoms with Crippen LogP contribution in [0.3, 0.4) is 0 Å². The minimum atomic E-state index is -0.676. The molecule has 2 aromatic carbocycles. The molecule has 0 amide bonds. The quantitative estimate of drug-likeness (QED) is 0.500. The van der Waals surface area contributed by atoms with E-state index in [4.69, 9.17) is 14.5 Å². The third kappa shape index (κ3) is 5.32. The summed E-state index contributed by atoms with van der Waals surface area (Å²) < 4.78 is 10.8. The topological polar surface area (TPSA) is 68.7 Å². The molecule has 3 aromatic rings. The van der Waals surface area contributed by atoms with Crippen LogP contribution in [0, 0.1) is 0 Å². The Balaban J connectivity index is 1.85. The van der Waals surface area contributed by atoms with Gasteiger partial charge in [-0.25, -0.2) is 4.98 Å². The van der Waals surface area contributed by atoms with Gasteiger partial charge in [0.2, 0.25) is 0 Å². The molecule has 5 heteroatoms. The van der Waals surface area contributed by atoms with Gasteiger partial charge in [-0.2, -0.15) is 0 Å². The molecule has 5 nitrogen and oxygen atoms in total. The molecule has 2 atom stereocenters. The van der Waals surface area contributed by atoms with Crippen LogP contribution < -0.4 is 4.74 Å². The van der Waals surface area contributed by atoms with Crippen LogP contribution in [0.15, 0.2) is 66.7 Å². The van der Waals surface area contributed by atoms with Crippen molar-refractivity contribution in [2.24, 2.45) is 0 Å². The average Bonchev–Trinajstić information content (AvgIpc) is 2.82. The van der Waals surface area contributed by atoms with Crippen molar-refractivity contribution < 1.29 is 19.4 Å². The van der Waals surface area contributed by atoms with E-state index >= 15 is 0 Å². The van der Waals surface area contributed by atoms with Gasteiger partial charge < -0.3 is 14.6 Å². The smallest absolute Gasteiger partial charge is 0.309 e. The third-order valence-corrected chi connectivity index (χ3v) is 5.81. The van der Waals surface area contributed by atoms with Crippen molar-refractivity contribution in [3.8, 4) is 28.3 Å². The highest BCUT2D eigenvalue weighted by Gasteiger charge is 2.25. The Morgan fingerprint density at radius 3 is 2.45 bits per heavy atom. The molecule has 1 fully saturated rings. The van der Waals surface area contributed by atoms with Crippen LogP contribution in [0.2, 0.25) is 0 Å². The van der Waals surface area contributed by atoms with Gasteiger partial charge >= 0.3 is 5.97 Å². The van der Waals surface area contributed by atoms with E-state index < -0.39 is 12.2 Å². The Labute approximate surface area is 194 Å². The summed E-state index contributed by atoms with van der Waals surface area (Å²) in [6.07, 6.45) is 3.15. The van der Waals surface area contributed by atoms with Gasteiger partial charge in [-0.15, -0.1) is 0 Å². The van der Waals surface area contributed by atoms with Gasteiger partial charge in [0, 0.05) is 23.1 Å². The molecule has 0 saturated carbocycles. The Bertz CT molecular complexity index is 1140. The van der Waals surface area contributed by atoms with Crippen LogP contribution in [0.4, 0.5) is 0 Å². The number of hydrogen-bond acceptors (Lipinski definition) is 5. The summed E-state index contributed by atoms with van der Waals surface area (Å²) in [7, 11) is 1.65. The molecule has 170 valence electrons. The molecular formula is C28H29NO4. The van der Waals surface area contributed by atoms with Gasteiger partial charge in [0.05, 0.1) is 31.0 Å². The number of aliphatic hydroxyl groups excluding tert-OH is 1. The van der Waals surface area contributed by atoms with Crippen LogP contribution in [-0.4, -0.2) is 35.4 Å². The first-order valence-electron chi connectivity index (χ1n) is 11.2. The van der Waals surface area contributed by atoms with E-state index in [0.717, 1.165) is 39.4 Å². The number of pyridine rings is 1. The number of hydrogen-bond donors (Lipinski definition) is 1. The molecule has 0 bridgehead atoms. The number of aromatic nitrogens is 1. The first-order valence-corrected chi connectivity index (χ1v) is 11.2. The summed E-state index contributed by atoms with van der Waals surface area (Å²) in [5.41, 5.74) is 5.90. The maximum atomic E-state index is 11.8. The lowest BCUT2D eigenvalue weighted by atomic mass is 9.91. The minimum absolute atomic E-state index is 0.0476. The molecule has 1 saturated heterocycles. The van der Waals surface area contributed by atoms with Crippen molar-refractivity contribution >= 4 is 12.0 Å². The van der Waals surface area contributed by atoms with Gasteiger partial charge in [-0.05, 0) is 47.9 Å². The van der Waals surface area contributed by atoms with Crippen molar-refractivity contribution in [1.82, 2.24) is 4.98 Å². The van der Waals surface area contributed by atoms with Crippen molar-refractivity contribution in [3.63, 3.8) is 0 Å². The number of carbonyl (C=O) groups is 1. The van der Waals surface area contributed by atoms with Crippen molar-refractivity contribution in [2.45, 2.75) is 44.8 Å². The fourth-order valence-corrected chi connectivity index (χ4v) is 4.08. The highest BCUT2D eigenvalue weighted by Crippen LogP contribution is 2.35. The number of nitrogens with zero attached hydrogens (tertiary/aromatic N) is 1. The van der Waals surface area contributed by atoms with Crippen LogP contribution in [0.25, 0.3) is 28.6 Å². The van der Waals surface area contributed by atoms with Gasteiger partial charge in [0.15, 0.2) is 0 Å². The summed E-state index contributed by atoms with van der Waals surface area (Å²) in [6.45, 7) is 4.31. The van der Waals surface area contributed by atoms with E-state index in [1.807, 2.05) is 54.6 Å². The van der Waals surface area contributed by atoms with Gasteiger partial charge in [0.1, 0.15) is 11.9 Å². The van der Waals surface area contributed by atoms with Crippen LogP contribution in [0.5, 0.6) is 5.75 Å². The monoisotopic (exact) mass is 443 g/mol. The molecule has 33 heavy (non-hydrogen) atoms. The molecular weight excluding hydrogens is 414 g/mol. The van der Waals surface area contributed by atoms with Crippen molar-refractivity contribution in [2.75, 3.05) is 7.11 Å². The second-order valence-corrected chi connectivity index (χ2v) is 8.59. The van der Waals surface area contributed by atoms with Crippen LogP contribution in [-0.2, 0) is 9.53 Å². The molecule has 4 rings (SSSR count). The SMILES string of the molecule is COc1ccc(-c2nc(-c3ccccc3)cc(C(C)C)c2/C=C/[C@@H]2C[C@@H](O)CC(=O)O2)cc1. The lowest BCUT2D eigenvalue weighted by Gasteiger charge is -2.24. The summed E-state index contributed by atoms with van der Waals surface area (Å²) in [4.78, 5) is 16.8. The minimum Gasteiger partial charge on any atom is -0.497 e. The zero-order chi connectivity index (χ0) is 23.4. The Kier molecular flexibility index (Phi) is 6.90. The van der Waals surface area contributed by atoms with E-state index in [9.17, 15) is 9.90 Å². The largest absolute Gasteiger partial charge is 0.497 e. The molecule has 2 heterocycles. The molecule has 1 aromatic heterocycles. The first-order chi connectivity index (χ1) is 15.9. The van der Waals surface area contributed by atoms with Gasteiger partial charge in [-0.3, -0.25) is 4.79 Å². The second-order valence-electron chi connectivity index (χ2n) is 8.59. The maximum Gasteiger partial charge on any atom is 0.309 e. The molecule has 0 aliphatic carbocycles. The normalized spacial score (nSPS) is 18.5. The molecule has 1 aliphatic rings. The molecule has 1 aliphatic heterocycles. The lowest BCUT2D eigenvalue weighted by molar-refractivity contribution is -0.156. The van der Waals surface area contributed by atoms with E-state index in [2.05, 4.69) is 32.0 Å². The lowest BCUT2D eigenvalue weighted by Crippen LogP contribution is -2.31. The average molecular weight is 444 g/mol. The van der Waals surface area contributed by atoms with Crippen LogP contribution in [0.1, 0.15) is 43.7 Å². The third-order valence-electron chi connectivity index (χ3n) is 5.81. The zero-order valence-electron chi connectivity index (χ0n) is 19.2. The van der Waals surface area contributed by atoms with Crippen LogP contribution >= 0.6 is 0 Å². The maximum absolute atomic E-state index is 11.8. The predicted octanol–water partition coefficient (Wildman–Crippen LogP) is 5.63. The van der Waals surface area contributed by atoms with Gasteiger partial charge in [0.25, 0.3) is 0 Å². The standard InChI is InChI=1S/C28H29NO4/c1-18(2)25-17-26(19-7-5-4-6-8-19)29-28(20-9-11-22(32-3)12-10-20)24(25)14-13-23-15-21(30)16-27(31)33-23/h4-14,17-18,21,23,30H,15-16H2,1-3H3/b14-13+/t21-,23-/m1/s1. The number of carbonyl (C=O) groups excluding carboxylic acids is 1. The Morgan fingerprint density at radius 2 is 1.82 bits per heavy atom. The molecule has 0 radical (unpaired) electrons. The second kappa shape index (κ2) is 10.0. The molecule has 1 N–H and O–H groups in total. The first kappa shape index (κ1) is 22.7. The van der Waals surface area contributed by atoms with Gasteiger partial charge in [-0.1, -0.05) is 50.3 Å². The number of rotatable bonds is 6. The summed E-state index contributed by atoms with van der Waals surface area (Å²) >= 11 is 0. The summed E-state index contributed by atoms with van der Waals surface area (Å²) in [5, 5.41) is 9.98. The molecule has 0 spiro atoms. The highest BCUT2D eigenvalue weighted by atomic mass is 16.5. The number of cyclic esters (lactones) is 1.